The highest BCUT2D eigenvalue weighted by molar-refractivity contribution is 7.86. The van der Waals surface area contributed by atoms with Gasteiger partial charge in [0.15, 0.2) is 0 Å². The largest absolute Gasteiger partial charge is 0.300 e. The van der Waals surface area contributed by atoms with Crippen LogP contribution < -0.4 is 0 Å². The first-order valence-electron chi connectivity index (χ1n) is 8.18. The minimum absolute atomic E-state index is 0.0635. The van der Waals surface area contributed by atoms with Crippen molar-refractivity contribution in [3.63, 3.8) is 0 Å². The van der Waals surface area contributed by atoms with Crippen LogP contribution in [0.15, 0.2) is 29.2 Å². The normalized spacial score (nSPS) is 22.8. The Morgan fingerprint density at radius 2 is 1.87 bits per heavy atom. The smallest absolute Gasteiger partial charge is 0.297 e. The highest BCUT2D eigenvalue weighted by atomic mass is 32.2. The SMILES string of the molecule is CCC(C)c1ccc(S(=O)(=O)OC2CC(=O)CC(C)(C)C2)cc1. The van der Waals surface area contributed by atoms with Gasteiger partial charge in [-0.15, -0.1) is 0 Å². The van der Waals surface area contributed by atoms with Crippen LogP contribution in [0.5, 0.6) is 0 Å². The lowest BCUT2D eigenvalue weighted by molar-refractivity contribution is -0.126. The third kappa shape index (κ3) is 4.64. The molecule has 0 amide bonds. The van der Waals surface area contributed by atoms with E-state index in [1.54, 1.807) is 12.1 Å². The molecule has 0 aliphatic heterocycles. The van der Waals surface area contributed by atoms with Crippen LogP contribution in [0, 0.1) is 5.41 Å². The molecule has 0 spiro atoms. The molecule has 5 heteroatoms. The lowest BCUT2D eigenvalue weighted by Crippen LogP contribution is -2.35. The minimum Gasteiger partial charge on any atom is -0.300 e. The Balaban J connectivity index is 2.14. The fraction of sp³-hybridized carbons (Fsp3) is 0.611. The molecular formula is C18H26O4S. The zero-order valence-corrected chi connectivity index (χ0v) is 15.2. The highest BCUT2D eigenvalue weighted by Gasteiger charge is 2.36. The fourth-order valence-electron chi connectivity index (χ4n) is 3.12. The highest BCUT2D eigenvalue weighted by Crippen LogP contribution is 2.36. The molecule has 4 nitrogen and oxygen atoms in total. The number of carbonyl (C=O) groups is 1. The molecule has 1 aliphatic carbocycles. The molecule has 1 aliphatic rings. The van der Waals surface area contributed by atoms with Crippen LogP contribution in [0.2, 0.25) is 0 Å². The molecule has 0 bridgehead atoms. The molecule has 2 atom stereocenters. The van der Waals surface area contributed by atoms with E-state index in [4.69, 9.17) is 4.18 Å². The van der Waals surface area contributed by atoms with E-state index in [1.807, 2.05) is 26.0 Å². The van der Waals surface area contributed by atoms with E-state index in [-0.39, 0.29) is 22.5 Å². The molecule has 1 fully saturated rings. The van der Waals surface area contributed by atoms with Crippen LogP contribution in [-0.2, 0) is 19.1 Å². The Hall–Kier alpha value is -1.20. The van der Waals surface area contributed by atoms with Crippen molar-refractivity contribution in [2.45, 2.75) is 70.3 Å². The van der Waals surface area contributed by atoms with Crippen LogP contribution >= 0.6 is 0 Å². The van der Waals surface area contributed by atoms with Crippen LogP contribution in [0.3, 0.4) is 0 Å². The van der Waals surface area contributed by atoms with Crippen molar-refractivity contribution in [1.29, 1.82) is 0 Å². The molecule has 23 heavy (non-hydrogen) atoms. The summed E-state index contributed by atoms with van der Waals surface area (Å²) in [6.07, 6.45) is 1.67. The van der Waals surface area contributed by atoms with E-state index in [1.165, 1.54) is 0 Å². The minimum atomic E-state index is -3.83. The standard InChI is InChI=1S/C18H26O4S/c1-5-13(2)14-6-8-17(9-7-14)23(20,21)22-16-10-15(19)11-18(3,4)12-16/h6-9,13,16H,5,10-12H2,1-4H3. The number of Topliss-reactive ketones (excluding diaryl/α,β-unsaturated/α-hetero) is 1. The van der Waals surface area contributed by atoms with Crippen molar-refractivity contribution >= 4 is 15.9 Å². The van der Waals surface area contributed by atoms with Gasteiger partial charge in [0, 0.05) is 12.8 Å². The van der Waals surface area contributed by atoms with Gasteiger partial charge in [0.1, 0.15) is 5.78 Å². The first-order valence-corrected chi connectivity index (χ1v) is 9.59. The number of benzene rings is 1. The Kier molecular flexibility index (Phi) is 5.31. The Bertz CT molecular complexity index is 659. The molecule has 1 aromatic rings. The predicted octanol–water partition coefficient (Wildman–Crippen LogP) is 4.05. The zero-order valence-electron chi connectivity index (χ0n) is 14.3. The van der Waals surface area contributed by atoms with Crippen LogP contribution in [0.1, 0.15) is 64.9 Å². The van der Waals surface area contributed by atoms with Gasteiger partial charge in [0.25, 0.3) is 10.1 Å². The van der Waals surface area contributed by atoms with E-state index < -0.39 is 16.2 Å². The van der Waals surface area contributed by atoms with Crippen molar-refractivity contribution in [3.05, 3.63) is 29.8 Å². The van der Waals surface area contributed by atoms with Crippen LogP contribution in [0.25, 0.3) is 0 Å². The van der Waals surface area contributed by atoms with Crippen molar-refractivity contribution in [2.75, 3.05) is 0 Å². The van der Waals surface area contributed by atoms with Crippen molar-refractivity contribution in [2.24, 2.45) is 5.41 Å². The maximum atomic E-state index is 12.4. The van der Waals surface area contributed by atoms with Crippen LogP contribution in [0.4, 0.5) is 0 Å². The number of hydrogen-bond acceptors (Lipinski definition) is 4. The predicted molar refractivity (Wildman–Crippen MR) is 89.8 cm³/mol. The maximum Gasteiger partial charge on any atom is 0.297 e. The zero-order chi connectivity index (χ0) is 17.3. The summed E-state index contributed by atoms with van der Waals surface area (Å²) in [5.41, 5.74) is 0.899. The van der Waals surface area contributed by atoms with Gasteiger partial charge in [0.05, 0.1) is 11.0 Å². The van der Waals surface area contributed by atoms with E-state index >= 15 is 0 Å². The fourth-order valence-corrected chi connectivity index (χ4v) is 4.20. The molecule has 2 unspecified atom stereocenters. The molecule has 1 aromatic carbocycles. The van der Waals surface area contributed by atoms with Gasteiger partial charge in [-0.25, -0.2) is 0 Å². The van der Waals surface area contributed by atoms with Crippen molar-refractivity contribution in [3.8, 4) is 0 Å². The summed E-state index contributed by atoms with van der Waals surface area (Å²) < 4.78 is 30.2. The molecule has 0 saturated heterocycles. The van der Waals surface area contributed by atoms with E-state index in [9.17, 15) is 13.2 Å². The van der Waals surface area contributed by atoms with Gasteiger partial charge in [-0.2, -0.15) is 8.42 Å². The molecule has 2 rings (SSSR count). The maximum absolute atomic E-state index is 12.4. The second-order valence-corrected chi connectivity index (χ2v) is 8.91. The topological polar surface area (TPSA) is 60.4 Å². The quantitative estimate of drug-likeness (QED) is 0.760. The summed E-state index contributed by atoms with van der Waals surface area (Å²) in [5, 5.41) is 0. The lowest BCUT2D eigenvalue weighted by Gasteiger charge is -2.33. The van der Waals surface area contributed by atoms with Crippen molar-refractivity contribution in [1.82, 2.24) is 0 Å². The van der Waals surface area contributed by atoms with Gasteiger partial charge in [0.2, 0.25) is 0 Å². The van der Waals surface area contributed by atoms with E-state index in [0.717, 1.165) is 12.0 Å². The number of rotatable bonds is 5. The summed E-state index contributed by atoms with van der Waals surface area (Å²) in [7, 11) is -3.83. The Labute approximate surface area is 139 Å². The average molecular weight is 338 g/mol. The van der Waals surface area contributed by atoms with Gasteiger partial charge in [-0.05, 0) is 41.9 Å². The Morgan fingerprint density at radius 3 is 2.39 bits per heavy atom. The van der Waals surface area contributed by atoms with E-state index in [0.29, 0.717) is 18.8 Å². The number of ketones is 1. The first-order chi connectivity index (χ1) is 10.6. The van der Waals surface area contributed by atoms with Gasteiger partial charge < -0.3 is 0 Å². The molecule has 0 radical (unpaired) electrons. The first kappa shape index (κ1) is 18.1. The lowest BCUT2D eigenvalue weighted by atomic mass is 9.75. The van der Waals surface area contributed by atoms with Gasteiger partial charge >= 0.3 is 0 Å². The third-order valence-electron chi connectivity index (χ3n) is 4.52. The molecular weight excluding hydrogens is 312 g/mol. The summed E-state index contributed by atoms with van der Waals surface area (Å²) >= 11 is 0. The summed E-state index contributed by atoms with van der Waals surface area (Å²) in [4.78, 5) is 11.9. The second-order valence-electron chi connectivity index (χ2n) is 7.34. The summed E-state index contributed by atoms with van der Waals surface area (Å²) in [6, 6.07) is 6.85. The van der Waals surface area contributed by atoms with Crippen molar-refractivity contribution < 1.29 is 17.4 Å². The third-order valence-corrected chi connectivity index (χ3v) is 5.90. The summed E-state index contributed by atoms with van der Waals surface area (Å²) in [5.74, 6) is 0.456. The molecule has 128 valence electrons. The summed E-state index contributed by atoms with van der Waals surface area (Å²) in [6.45, 7) is 8.14. The number of hydrogen-bond donors (Lipinski definition) is 0. The molecule has 1 saturated carbocycles. The number of carbonyl (C=O) groups excluding carboxylic acids is 1. The molecule has 0 heterocycles. The Morgan fingerprint density at radius 1 is 1.26 bits per heavy atom. The molecule has 0 N–H and O–H groups in total. The van der Waals surface area contributed by atoms with Crippen LogP contribution in [-0.4, -0.2) is 20.3 Å². The van der Waals surface area contributed by atoms with Gasteiger partial charge in [-0.3, -0.25) is 8.98 Å². The molecule has 0 aromatic heterocycles. The average Bonchev–Trinajstić information content (AvgIpc) is 2.43. The van der Waals surface area contributed by atoms with Gasteiger partial charge in [-0.1, -0.05) is 39.8 Å². The second kappa shape index (κ2) is 6.73. The monoisotopic (exact) mass is 338 g/mol. The van der Waals surface area contributed by atoms with E-state index in [2.05, 4.69) is 13.8 Å².